The highest BCUT2D eigenvalue weighted by atomic mass is 32.2. The Morgan fingerprint density at radius 1 is 1.27 bits per heavy atom. The zero-order valence-electron chi connectivity index (χ0n) is 14.5. The number of thioether (sulfide) groups is 1. The Morgan fingerprint density at radius 3 is 2.77 bits per heavy atom. The summed E-state index contributed by atoms with van der Waals surface area (Å²) in [6, 6.07) is 15.0. The molecular weight excluding hydrogens is 350 g/mol. The lowest BCUT2D eigenvalue weighted by Gasteiger charge is -2.15. The van der Waals surface area contributed by atoms with Gasteiger partial charge in [0.05, 0.1) is 7.11 Å². The molecule has 0 bridgehead atoms. The molecule has 0 unspecified atom stereocenters. The fourth-order valence-electron chi connectivity index (χ4n) is 2.63. The predicted octanol–water partition coefficient (Wildman–Crippen LogP) is 3.35. The third-order valence-corrected chi connectivity index (χ3v) is 4.97. The molecule has 7 heteroatoms. The van der Waals surface area contributed by atoms with Crippen LogP contribution in [0.2, 0.25) is 0 Å². The van der Waals surface area contributed by atoms with Crippen LogP contribution in [0, 0.1) is 0 Å². The summed E-state index contributed by atoms with van der Waals surface area (Å²) in [7, 11) is 1.64. The van der Waals surface area contributed by atoms with Gasteiger partial charge >= 0.3 is 6.03 Å². The van der Waals surface area contributed by atoms with E-state index in [2.05, 4.69) is 10.6 Å². The van der Waals surface area contributed by atoms with Gasteiger partial charge in [-0.3, -0.25) is 9.69 Å². The Morgan fingerprint density at radius 2 is 2.08 bits per heavy atom. The van der Waals surface area contributed by atoms with Crippen molar-refractivity contribution in [3.63, 3.8) is 0 Å². The van der Waals surface area contributed by atoms with Crippen molar-refractivity contribution < 1.29 is 14.3 Å². The van der Waals surface area contributed by atoms with Gasteiger partial charge in [-0.15, -0.1) is 11.8 Å². The van der Waals surface area contributed by atoms with E-state index in [0.29, 0.717) is 31.0 Å². The number of anilines is 2. The van der Waals surface area contributed by atoms with Gasteiger partial charge in [-0.2, -0.15) is 0 Å². The molecule has 0 atom stereocenters. The van der Waals surface area contributed by atoms with Crippen LogP contribution in [0.4, 0.5) is 16.2 Å². The van der Waals surface area contributed by atoms with Crippen LogP contribution in [0.25, 0.3) is 0 Å². The normalized spacial score (nSPS) is 13.4. The molecular formula is C19H21N3O3S. The molecule has 3 rings (SSSR count). The minimum atomic E-state index is -0.107. The number of benzene rings is 2. The van der Waals surface area contributed by atoms with Crippen LogP contribution in [-0.2, 0) is 4.79 Å². The van der Waals surface area contributed by atoms with Crippen molar-refractivity contribution in [2.75, 3.05) is 36.2 Å². The minimum Gasteiger partial charge on any atom is -0.497 e. The van der Waals surface area contributed by atoms with E-state index in [1.165, 1.54) is 0 Å². The molecule has 1 aliphatic heterocycles. The van der Waals surface area contributed by atoms with Gasteiger partial charge in [-0.05, 0) is 42.5 Å². The lowest BCUT2D eigenvalue weighted by Crippen LogP contribution is -2.27. The fraction of sp³-hybridized carbons (Fsp3) is 0.263. The maximum atomic E-state index is 12.2. The molecule has 0 aromatic heterocycles. The Labute approximate surface area is 156 Å². The topological polar surface area (TPSA) is 70.7 Å². The lowest BCUT2D eigenvalue weighted by molar-refractivity contribution is -0.115. The average Bonchev–Trinajstić information content (AvgIpc) is 3.08. The van der Waals surface area contributed by atoms with Crippen molar-refractivity contribution in [3.05, 3.63) is 48.5 Å². The van der Waals surface area contributed by atoms with Crippen LogP contribution in [0.15, 0.2) is 53.4 Å². The standard InChI is InChI=1S/C19H21N3O3S/c1-25-16-5-7-17(8-6-16)26-12-9-18(23)21-14-3-2-4-15(13-14)22-11-10-20-19(22)24/h2-8,13H,9-12H2,1H3,(H,20,24)(H,21,23). The molecule has 0 saturated carbocycles. The van der Waals surface area contributed by atoms with Crippen LogP contribution >= 0.6 is 11.8 Å². The number of hydrogen-bond donors (Lipinski definition) is 2. The molecule has 1 heterocycles. The molecule has 136 valence electrons. The number of carbonyl (C=O) groups excluding carboxylic acids is 2. The van der Waals surface area contributed by atoms with Crippen LogP contribution in [-0.4, -0.2) is 37.9 Å². The van der Waals surface area contributed by atoms with Crippen molar-refractivity contribution >= 4 is 35.1 Å². The first-order valence-corrected chi connectivity index (χ1v) is 9.36. The predicted molar refractivity (Wildman–Crippen MR) is 104 cm³/mol. The molecule has 0 radical (unpaired) electrons. The van der Waals surface area contributed by atoms with E-state index in [1.807, 2.05) is 48.5 Å². The Hall–Kier alpha value is -2.67. The van der Waals surface area contributed by atoms with E-state index in [9.17, 15) is 9.59 Å². The van der Waals surface area contributed by atoms with Crippen LogP contribution in [0.5, 0.6) is 5.75 Å². The van der Waals surface area contributed by atoms with Crippen LogP contribution < -0.4 is 20.3 Å². The number of nitrogens with one attached hydrogen (secondary N) is 2. The average molecular weight is 371 g/mol. The molecule has 1 fully saturated rings. The highest BCUT2D eigenvalue weighted by Crippen LogP contribution is 2.23. The van der Waals surface area contributed by atoms with Crippen molar-refractivity contribution in [2.45, 2.75) is 11.3 Å². The van der Waals surface area contributed by atoms with Crippen LogP contribution in [0.1, 0.15) is 6.42 Å². The molecule has 1 aliphatic rings. The molecule has 2 N–H and O–H groups in total. The third kappa shape index (κ3) is 4.70. The summed E-state index contributed by atoms with van der Waals surface area (Å²) < 4.78 is 5.13. The first-order chi connectivity index (χ1) is 12.7. The SMILES string of the molecule is COc1ccc(SCCC(=O)Nc2cccc(N3CCNC3=O)c2)cc1. The number of carbonyl (C=O) groups is 2. The number of rotatable bonds is 7. The third-order valence-electron chi connectivity index (χ3n) is 3.96. The van der Waals surface area contributed by atoms with E-state index < -0.39 is 0 Å². The number of nitrogens with zero attached hydrogens (tertiary/aromatic N) is 1. The van der Waals surface area contributed by atoms with E-state index in [-0.39, 0.29) is 11.9 Å². The molecule has 2 aromatic rings. The lowest BCUT2D eigenvalue weighted by atomic mass is 10.2. The highest BCUT2D eigenvalue weighted by molar-refractivity contribution is 7.99. The summed E-state index contributed by atoms with van der Waals surface area (Å²) in [6.07, 6.45) is 0.408. The van der Waals surface area contributed by atoms with Gasteiger partial charge in [0.15, 0.2) is 0 Å². The smallest absolute Gasteiger partial charge is 0.321 e. The fourth-order valence-corrected chi connectivity index (χ4v) is 3.48. The Bertz CT molecular complexity index is 780. The maximum Gasteiger partial charge on any atom is 0.321 e. The second-order valence-electron chi connectivity index (χ2n) is 5.76. The summed E-state index contributed by atoms with van der Waals surface area (Å²) in [5, 5.41) is 5.66. The summed E-state index contributed by atoms with van der Waals surface area (Å²) in [5.41, 5.74) is 1.48. The van der Waals surface area contributed by atoms with Gasteiger partial charge in [0.2, 0.25) is 5.91 Å². The van der Waals surface area contributed by atoms with Crippen molar-refractivity contribution in [2.24, 2.45) is 0 Å². The van der Waals surface area contributed by atoms with Crippen molar-refractivity contribution in [3.8, 4) is 5.75 Å². The van der Waals surface area contributed by atoms with Gasteiger partial charge in [-0.1, -0.05) is 6.07 Å². The summed E-state index contributed by atoms with van der Waals surface area (Å²) in [4.78, 5) is 26.7. The molecule has 0 spiro atoms. The number of amides is 3. The zero-order valence-corrected chi connectivity index (χ0v) is 15.3. The van der Waals surface area contributed by atoms with E-state index >= 15 is 0 Å². The van der Waals surface area contributed by atoms with Gasteiger partial charge in [0.25, 0.3) is 0 Å². The Kier molecular flexibility index (Phi) is 6.01. The zero-order chi connectivity index (χ0) is 18.4. The number of urea groups is 1. The molecule has 6 nitrogen and oxygen atoms in total. The van der Waals surface area contributed by atoms with Crippen LogP contribution in [0.3, 0.4) is 0 Å². The summed E-state index contributed by atoms with van der Waals surface area (Å²) in [5.74, 6) is 1.46. The first-order valence-electron chi connectivity index (χ1n) is 8.38. The molecule has 3 amide bonds. The van der Waals surface area contributed by atoms with Gasteiger partial charge in [-0.25, -0.2) is 4.79 Å². The van der Waals surface area contributed by atoms with E-state index in [1.54, 1.807) is 23.8 Å². The largest absolute Gasteiger partial charge is 0.497 e. The molecule has 1 saturated heterocycles. The van der Waals surface area contributed by atoms with E-state index in [4.69, 9.17) is 4.74 Å². The monoisotopic (exact) mass is 371 g/mol. The van der Waals surface area contributed by atoms with Gasteiger partial charge in [0.1, 0.15) is 5.75 Å². The van der Waals surface area contributed by atoms with E-state index in [0.717, 1.165) is 16.3 Å². The second kappa shape index (κ2) is 8.62. The summed E-state index contributed by atoms with van der Waals surface area (Å²) >= 11 is 1.62. The van der Waals surface area contributed by atoms with Gasteiger partial charge in [0, 0.05) is 41.5 Å². The number of hydrogen-bond acceptors (Lipinski definition) is 4. The molecule has 26 heavy (non-hydrogen) atoms. The van der Waals surface area contributed by atoms with Crippen molar-refractivity contribution in [1.82, 2.24) is 5.32 Å². The number of ether oxygens (including phenoxy) is 1. The first kappa shape index (κ1) is 18.1. The highest BCUT2D eigenvalue weighted by Gasteiger charge is 2.21. The Balaban J connectivity index is 1.49. The molecule has 0 aliphatic carbocycles. The maximum absolute atomic E-state index is 12.2. The second-order valence-corrected chi connectivity index (χ2v) is 6.92. The summed E-state index contributed by atoms with van der Waals surface area (Å²) in [6.45, 7) is 1.27. The number of methoxy groups -OCH3 is 1. The minimum absolute atomic E-state index is 0.0472. The quantitative estimate of drug-likeness (QED) is 0.733. The van der Waals surface area contributed by atoms with Gasteiger partial charge < -0.3 is 15.4 Å². The van der Waals surface area contributed by atoms with Crippen molar-refractivity contribution in [1.29, 1.82) is 0 Å². The molecule has 2 aromatic carbocycles.